The highest BCUT2D eigenvalue weighted by Crippen LogP contribution is 2.14. The van der Waals surface area contributed by atoms with E-state index in [2.05, 4.69) is 27.1 Å². The van der Waals surface area contributed by atoms with Crippen molar-refractivity contribution in [3.63, 3.8) is 0 Å². The van der Waals surface area contributed by atoms with Crippen LogP contribution in [0.25, 0.3) is 0 Å². The highest BCUT2D eigenvalue weighted by Gasteiger charge is 2.19. The molecule has 1 aliphatic rings. The van der Waals surface area contributed by atoms with Gasteiger partial charge in [-0.2, -0.15) is 0 Å². The van der Waals surface area contributed by atoms with Crippen LogP contribution in [0, 0.1) is 0 Å². The Kier molecular flexibility index (Phi) is 4.10. The molecule has 1 fully saturated rings. The van der Waals surface area contributed by atoms with Crippen molar-refractivity contribution in [2.45, 2.75) is 32.2 Å². The van der Waals surface area contributed by atoms with Crippen molar-refractivity contribution < 1.29 is 0 Å². The van der Waals surface area contributed by atoms with Crippen LogP contribution in [0.3, 0.4) is 0 Å². The zero-order valence-corrected chi connectivity index (χ0v) is 9.89. The van der Waals surface area contributed by atoms with Crippen LogP contribution >= 0.6 is 0 Å². The molecule has 1 N–H and O–H groups in total. The van der Waals surface area contributed by atoms with Gasteiger partial charge in [0.05, 0.1) is 0 Å². The van der Waals surface area contributed by atoms with E-state index in [9.17, 15) is 0 Å². The van der Waals surface area contributed by atoms with E-state index in [0.717, 1.165) is 25.6 Å². The monoisotopic (exact) mass is 220 g/mol. The van der Waals surface area contributed by atoms with E-state index in [1.807, 2.05) is 18.5 Å². The number of nitrogens with zero attached hydrogens (tertiary/aromatic N) is 3. The minimum Gasteiger partial charge on any atom is -0.341 e. The Morgan fingerprint density at radius 3 is 2.62 bits per heavy atom. The fraction of sp³-hybridized carbons (Fsp3) is 0.667. The quantitative estimate of drug-likeness (QED) is 0.833. The first-order chi connectivity index (χ1) is 7.90. The zero-order valence-electron chi connectivity index (χ0n) is 9.89. The third-order valence-electron chi connectivity index (χ3n) is 3.01. The lowest BCUT2D eigenvalue weighted by Crippen LogP contribution is -2.43. The lowest BCUT2D eigenvalue weighted by molar-refractivity contribution is 0.413. The molecule has 1 aliphatic heterocycles. The molecule has 2 rings (SSSR count). The first-order valence-electron chi connectivity index (χ1n) is 6.15. The number of piperidine rings is 1. The third-order valence-corrected chi connectivity index (χ3v) is 3.01. The summed E-state index contributed by atoms with van der Waals surface area (Å²) in [7, 11) is 0. The van der Waals surface area contributed by atoms with Crippen LogP contribution in [0.4, 0.5) is 5.95 Å². The van der Waals surface area contributed by atoms with Gasteiger partial charge in [0.25, 0.3) is 0 Å². The van der Waals surface area contributed by atoms with Crippen LogP contribution in [-0.4, -0.2) is 35.6 Å². The van der Waals surface area contributed by atoms with E-state index in [-0.39, 0.29) is 0 Å². The molecule has 1 saturated heterocycles. The summed E-state index contributed by atoms with van der Waals surface area (Å²) < 4.78 is 0. The van der Waals surface area contributed by atoms with Gasteiger partial charge in [-0.05, 0) is 31.9 Å². The smallest absolute Gasteiger partial charge is 0.225 e. The van der Waals surface area contributed by atoms with Gasteiger partial charge in [-0.1, -0.05) is 6.92 Å². The molecule has 0 radical (unpaired) electrons. The van der Waals surface area contributed by atoms with Crippen LogP contribution in [0.5, 0.6) is 0 Å². The highest BCUT2D eigenvalue weighted by molar-refractivity contribution is 5.29. The molecule has 4 heteroatoms. The van der Waals surface area contributed by atoms with Gasteiger partial charge < -0.3 is 10.2 Å². The number of hydrogen-bond acceptors (Lipinski definition) is 4. The molecule has 2 heterocycles. The Balaban J connectivity index is 1.81. The van der Waals surface area contributed by atoms with E-state index in [4.69, 9.17) is 0 Å². The van der Waals surface area contributed by atoms with E-state index in [0.29, 0.717) is 6.04 Å². The SMILES string of the molecule is CCCNC1CCN(c2ncccn2)CC1. The van der Waals surface area contributed by atoms with Gasteiger partial charge in [0, 0.05) is 31.5 Å². The summed E-state index contributed by atoms with van der Waals surface area (Å²) in [5.41, 5.74) is 0. The van der Waals surface area contributed by atoms with E-state index in [1.54, 1.807) is 0 Å². The second kappa shape index (κ2) is 5.80. The Morgan fingerprint density at radius 1 is 1.31 bits per heavy atom. The predicted octanol–water partition coefficient (Wildman–Crippen LogP) is 1.44. The van der Waals surface area contributed by atoms with Crippen LogP contribution < -0.4 is 10.2 Å². The summed E-state index contributed by atoms with van der Waals surface area (Å²) in [6, 6.07) is 2.54. The Bertz CT molecular complexity index is 293. The largest absolute Gasteiger partial charge is 0.341 e. The maximum Gasteiger partial charge on any atom is 0.225 e. The third kappa shape index (κ3) is 2.92. The van der Waals surface area contributed by atoms with Crippen LogP contribution in [0.2, 0.25) is 0 Å². The van der Waals surface area contributed by atoms with Gasteiger partial charge in [-0.3, -0.25) is 0 Å². The Labute approximate surface area is 97.1 Å². The van der Waals surface area contributed by atoms with Crippen molar-refractivity contribution in [3.05, 3.63) is 18.5 Å². The molecular weight excluding hydrogens is 200 g/mol. The van der Waals surface area contributed by atoms with Gasteiger partial charge in [-0.15, -0.1) is 0 Å². The first kappa shape index (κ1) is 11.3. The molecule has 88 valence electrons. The normalized spacial score (nSPS) is 17.7. The molecule has 0 bridgehead atoms. The number of nitrogens with one attached hydrogen (secondary N) is 1. The van der Waals surface area contributed by atoms with Crippen molar-refractivity contribution in [2.75, 3.05) is 24.5 Å². The molecule has 0 spiro atoms. The van der Waals surface area contributed by atoms with Crippen LogP contribution in [0.1, 0.15) is 26.2 Å². The molecule has 4 nitrogen and oxygen atoms in total. The molecule has 1 aromatic rings. The van der Waals surface area contributed by atoms with Crippen molar-refractivity contribution in [1.29, 1.82) is 0 Å². The zero-order chi connectivity index (χ0) is 11.2. The average Bonchev–Trinajstić information content (AvgIpc) is 2.38. The fourth-order valence-electron chi connectivity index (χ4n) is 2.09. The number of aromatic nitrogens is 2. The lowest BCUT2D eigenvalue weighted by Gasteiger charge is -2.32. The molecule has 0 amide bonds. The Morgan fingerprint density at radius 2 is 2.00 bits per heavy atom. The first-order valence-corrected chi connectivity index (χ1v) is 6.15. The van der Waals surface area contributed by atoms with Crippen molar-refractivity contribution in [3.8, 4) is 0 Å². The number of rotatable bonds is 4. The maximum absolute atomic E-state index is 4.28. The summed E-state index contributed by atoms with van der Waals surface area (Å²) >= 11 is 0. The Hall–Kier alpha value is -1.16. The minimum absolute atomic E-state index is 0.680. The van der Waals surface area contributed by atoms with E-state index >= 15 is 0 Å². The molecule has 0 aromatic carbocycles. The van der Waals surface area contributed by atoms with E-state index in [1.165, 1.54) is 19.3 Å². The molecule has 16 heavy (non-hydrogen) atoms. The highest BCUT2D eigenvalue weighted by atomic mass is 15.3. The molecule has 0 unspecified atom stereocenters. The second-order valence-corrected chi connectivity index (χ2v) is 4.26. The molecular formula is C12H20N4. The molecule has 0 saturated carbocycles. The van der Waals surface area contributed by atoms with Crippen molar-refractivity contribution in [1.82, 2.24) is 15.3 Å². The fourth-order valence-corrected chi connectivity index (χ4v) is 2.09. The van der Waals surface area contributed by atoms with Gasteiger partial charge in [0.2, 0.25) is 5.95 Å². The molecule has 1 aromatic heterocycles. The number of anilines is 1. The average molecular weight is 220 g/mol. The summed E-state index contributed by atoms with van der Waals surface area (Å²) in [6.45, 7) is 5.46. The predicted molar refractivity (Wildman–Crippen MR) is 65.6 cm³/mol. The van der Waals surface area contributed by atoms with Gasteiger partial charge in [-0.25, -0.2) is 9.97 Å². The van der Waals surface area contributed by atoms with Crippen LogP contribution in [-0.2, 0) is 0 Å². The van der Waals surface area contributed by atoms with Gasteiger partial charge in [0.15, 0.2) is 0 Å². The lowest BCUT2D eigenvalue weighted by atomic mass is 10.1. The van der Waals surface area contributed by atoms with Crippen LogP contribution in [0.15, 0.2) is 18.5 Å². The van der Waals surface area contributed by atoms with Crippen molar-refractivity contribution in [2.24, 2.45) is 0 Å². The summed E-state index contributed by atoms with van der Waals surface area (Å²) in [4.78, 5) is 10.8. The standard InChI is InChI=1S/C12H20N4/c1-2-6-13-11-4-9-16(10-5-11)12-14-7-3-8-15-12/h3,7-8,11,13H,2,4-6,9-10H2,1H3. The minimum atomic E-state index is 0.680. The molecule has 0 aliphatic carbocycles. The topological polar surface area (TPSA) is 41.0 Å². The van der Waals surface area contributed by atoms with Crippen molar-refractivity contribution >= 4 is 5.95 Å². The number of hydrogen-bond donors (Lipinski definition) is 1. The summed E-state index contributed by atoms with van der Waals surface area (Å²) in [5.74, 6) is 0.872. The maximum atomic E-state index is 4.28. The molecule has 0 atom stereocenters. The van der Waals surface area contributed by atoms with Gasteiger partial charge >= 0.3 is 0 Å². The second-order valence-electron chi connectivity index (χ2n) is 4.26. The van der Waals surface area contributed by atoms with Gasteiger partial charge in [0.1, 0.15) is 0 Å². The summed E-state index contributed by atoms with van der Waals surface area (Å²) in [5, 5.41) is 3.58. The van der Waals surface area contributed by atoms with E-state index < -0.39 is 0 Å². The summed E-state index contributed by atoms with van der Waals surface area (Å²) in [6.07, 6.45) is 7.21.